The minimum Gasteiger partial charge on any atom is -0.404 e. The van der Waals surface area contributed by atoms with Crippen LogP contribution in [-0.2, 0) is 15.2 Å². The Kier molecular flexibility index (Phi) is 8.41. The van der Waals surface area contributed by atoms with Crippen molar-refractivity contribution in [3.63, 3.8) is 0 Å². The zero-order chi connectivity index (χ0) is 23.0. The van der Waals surface area contributed by atoms with Crippen molar-refractivity contribution in [2.45, 2.75) is 37.6 Å². The van der Waals surface area contributed by atoms with Crippen LogP contribution in [0.4, 0.5) is 0 Å². The highest BCUT2D eigenvalue weighted by atomic mass is 32.2. The van der Waals surface area contributed by atoms with Gasteiger partial charge in [-0.2, -0.15) is 0 Å². The van der Waals surface area contributed by atoms with Crippen LogP contribution in [-0.4, -0.2) is 24.9 Å². The molecule has 0 saturated carbocycles. The summed E-state index contributed by atoms with van der Waals surface area (Å²) in [4.78, 5) is 0.885. The van der Waals surface area contributed by atoms with Crippen molar-refractivity contribution in [1.29, 1.82) is 0 Å². The van der Waals surface area contributed by atoms with Crippen LogP contribution in [0.5, 0.6) is 0 Å². The van der Waals surface area contributed by atoms with Gasteiger partial charge in [0.05, 0.1) is 17.4 Å². The molecule has 0 bridgehead atoms. The van der Waals surface area contributed by atoms with E-state index in [4.69, 9.17) is 4.43 Å². The Morgan fingerprint density at radius 1 is 0.844 bits per heavy atom. The fourth-order valence-corrected chi connectivity index (χ4v) is 9.93. The molecule has 3 aromatic rings. The third-order valence-corrected chi connectivity index (χ3v) is 12.3. The molecule has 0 unspecified atom stereocenters. The Hall–Kier alpha value is -2.27. The van der Waals surface area contributed by atoms with Gasteiger partial charge < -0.3 is 4.43 Å². The van der Waals surface area contributed by atoms with Crippen molar-refractivity contribution in [2.24, 2.45) is 5.92 Å². The monoisotopic (exact) mass is 462 g/mol. The highest BCUT2D eigenvalue weighted by molar-refractivity contribution is 7.85. The Morgan fingerprint density at radius 3 is 1.78 bits per heavy atom. The van der Waals surface area contributed by atoms with E-state index in [1.807, 2.05) is 30.3 Å². The Labute approximate surface area is 196 Å². The maximum atomic E-state index is 12.6. The summed E-state index contributed by atoms with van der Waals surface area (Å²) in [5.74, 6) is 0.818. The van der Waals surface area contributed by atoms with E-state index in [0.717, 1.165) is 4.90 Å². The van der Waals surface area contributed by atoms with Gasteiger partial charge in [-0.05, 0) is 33.5 Å². The van der Waals surface area contributed by atoms with Crippen molar-refractivity contribution in [2.75, 3.05) is 12.4 Å². The van der Waals surface area contributed by atoms with Gasteiger partial charge in [-0.1, -0.05) is 119 Å². The summed E-state index contributed by atoms with van der Waals surface area (Å²) in [6, 6.07) is 31.0. The van der Waals surface area contributed by atoms with Gasteiger partial charge in [0.1, 0.15) is 0 Å². The van der Waals surface area contributed by atoms with Gasteiger partial charge in [-0.15, -0.1) is 0 Å². The van der Waals surface area contributed by atoms with Crippen molar-refractivity contribution >= 4 is 29.5 Å². The van der Waals surface area contributed by atoms with Crippen LogP contribution in [0, 0.1) is 5.92 Å². The maximum absolute atomic E-state index is 12.6. The molecule has 0 saturated heterocycles. The number of benzene rings is 3. The van der Waals surface area contributed by atoms with Crippen LogP contribution >= 0.6 is 0 Å². The highest BCUT2D eigenvalue weighted by Crippen LogP contribution is 2.36. The lowest BCUT2D eigenvalue weighted by atomic mass is 10.2. The van der Waals surface area contributed by atoms with E-state index >= 15 is 0 Å². The van der Waals surface area contributed by atoms with Crippen LogP contribution in [0.25, 0.3) is 0 Å². The van der Waals surface area contributed by atoms with Gasteiger partial charge in [-0.3, -0.25) is 4.21 Å². The predicted octanol–water partition coefficient (Wildman–Crippen LogP) is 5.56. The van der Waals surface area contributed by atoms with E-state index in [1.54, 1.807) is 0 Å². The molecule has 2 atom stereocenters. The summed E-state index contributed by atoms with van der Waals surface area (Å²) in [5, 5.41) is 2.53. The topological polar surface area (TPSA) is 26.3 Å². The first-order valence-electron chi connectivity index (χ1n) is 11.2. The molecule has 168 valence electrons. The molecular weight excluding hydrogens is 428 g/mol. The average molecular weight is 463 g/mol. The lowest BCUT2D eigenvalue weighted by molar-refractivity contribution is 0.338. The van der Waals surface area contributed by atoms with Gasteiger partial charge in [-0.25, -0.2) is 0 Å². The summed E-state index contributed by atoms with van der Waals surface area (Å²) >= 11 is 0. The summed E-state index contributed by atoms with van der Waals surface area (Å²) < 4.78 is 19.5. The smallest absolute Gasteiger partial charge is 0.261 e. The fourth-order valence-electron chi connectivity index (χ4n) is 4.19. The Balaban J connectivity index is 1.78. The Morgan fingerprint density at radius 2 is 1.31 bits per heavy atom. The molecule has 0 amide bonds. The quantitative estimate of drug-likeness (QED) is 0.307. The molecule has 0 fully saturated rings. The van der Waals surface area contributed by atoms with E-state index < -0.39 is 19.1 Å². The minimum atomic E-state index is -2.52. The molecule has 2 nitrogen and oxygen atoms in total. The van der Waals surface area contributed by atoms with Crippen LogP contribution < -0.4 is 10.4 Å². The first-order valence-corrected chi connectivity index (χ1v) is 14.4. The van der Waals surface area contributed by atoms with Gasteiger partial charge in [0.15, 0.2) is 0 Å². The summed E-state index contributed by atoms with van der Waals surface area (Å²) in [6.45, 7) is 9.51. The van der Waals surface area contributed by atoms with Crippen molar-refractivity contribution in [3.05, 3.63) is 103 Å². The maximum Gasteiger partial charge on any atom is 0.261 e. The van der Waals surface area contributed by atoms with Gasteiger partial charge in [0.25, 0.3) is 8.32 Å². The summed E-state index contributed by atoms with van der Waals surface area (Å²) in [6.07, 6.45) is 4.24. The van der Waals surface area contributed by atoms with E-state index in [2.05, 4.69) is 101 Å². The molecule has 4 heteroatoms. The second-order valence-electron chi connectivity index (χ2n) is 9.20. The molecule has 0 aliphatic heterocycles. The molecular formula is C28H34O2SSi. The molecule has 0 heterocycles. The molecule has 0 N–H and O–H groups in total. The molecule has 0 aliphatic rings. The van der Waals surface area contributed by atoms with Crippen LogP contribution in [0.2, 0.25) is 5.04 Å². The summed E-state index contributed by atoms with van der Waals surface area (Å²) in [5.41, 5.74) is 0. The number of hydrogen-bond donors (Lipinski definition) is 0. The van der Waals surface area contributed by atoms with Crippen LogP contribution in [0.15, 0.2) is 108 Å². The standard InChI is InChI=1S/C28H34O2SSi/c1-24(23-31(29)25-16-8-5-9-17-25)15-14-22-30-32(28(2,3)4,26-18-10-6-11-19-26)27-20-12-7-13-21-27/h5-21,24H,22-23H2,1-4H3/b15-14+/t24-,31-/m0/s1. The van der Waals surface area contributed by atoms with E-state index in [-0.39, 0.29) is 11.0 Å². The second kappa shape index (κ2) is 11.0. The molecule has 3 rings (SSSR count). The lowest BCUT2D eigenvalue weighted by Crippen LogP contribution is -2.66. The minimum absolute atomic E-state index is 0.0377. The van der Waals surface area contributed by atoms with Gasteiger partial charge in [0, 0.05) is 10.6 Å². The highest BCUT2D eigenvalue weighted by Gasteiger charge is 2.49. The van der Waals surface area contributed by atoms with Gasteiger partial charge >= 0.3 is 0 Å². The first kappa shape index (κ1) is 24.4. The molecule has 0 spiro atoms. The first-order chi connectivity index (χ1) is 15.3. The lowest BCUT2D eigenvalue weighted by Gasteiger charge is -2.42. The number of hydrogen-bond acceptors (Lipinski definition) is 2. The molecule has 3 aromatic carbocycles. The molecule has 32 heavy (non-hydrogen) atoms. The van der Waals surface area contributed by atoms with Crippen molar-refractivity contribution in [3.8, 4) is 0 Å². The average Bonchev–Trinajstić information content (AvgIpc) is 2.80. The normalized spacial score (nSPS) is 14.4. The van der Waals surface area contributed by atoms with Crippen molar-refractivity contribution in [1.82, 2.24) is 0 Å². The molecule has 0 aliphatic carbocycles. The van der Waals surface area contributed by atoms with E-state index in [1.165, 1.54) is 10.4 Å². The number of allylic oxidation sites excluding steroid dienone is 1. The Bertz CT molecular complexity index is 972. The van der Waals surface area contributed by atoms with E-state index in [9.17, 15) is 4.21 Å². The fraction of sp³-hybridized carbons (Fsp3) is 0.286. The molecule has 0 radical (unpaired) electrons. The van der Waals surface area contributed by atoms with E-state index in [0.29, 0.717) is 12.4 Å². The predicted molar refractivity (Wildman–Crippen MR) is 140 cm³/mol. The zero-order valence-corrected chi connectivity index (χ0v) is 21.3. The third kappa shape index (κ3) is 5.74. The SMILES string of the molecule is C[C@@H](/C=C/CO[Si](c1ccccc1)(c1ccccc1)C(C)(C)C)C[S@](=O)c1ccccc1. The summed E-state index contributed by atoms with van der Waals surface area (Å²) in [7, 11) is -3.51. The molecule has 0 aromatic heterocycles. The van der Waals surface area contributed by atoms with Crippen LogP contribution in [0.1, 0.15) is 27.7 Å². The van der Waals surface area contributed by atoms with Crippen LogP contribution in [0.3, 0.4) is 0 Å². The largest absolute Gasteiger partial charge is 0.404 e. The number of rotatable bonds is 9. The zero-order valence-electron chi connectivity index (χ0n) is 19.5. The van der Waals surface area contributed by atoms with Gasteiger partial charge in [0.2, 0.25) is 0 Å². The second-order valence-corrected chi connectivity index (χ2v) is 15.0. The third-order valence-electron chi connectivity index (χ3n) is 5.70. The van der Waals surface area contributed by atoms with Crippen molar-refractivity contribution < 1.29 is 8.63 Å².